The Morgan fingerprint density at radius 2 is 1.71 bits per heavy atom. The second-order valence-corrected chi connectivity index (χ2v) is 9.07. The molecule has 0 heterocycles. The first-order valence-electron chi connectivity index (χ1n) is 12.2. The van der Waals surface area contributed by atoms with E-state index in [1.807, 2.05) is 19.1 Å². The van der Waals surface area contributed by atoms with Crippen molar-refractivity contribution in [1.82, 2.24) is 0 Å². The van der Waals surface area contributed by atoms with Crippen LogP contribution in [0.1, 0.15) is 42.1 Å². The molecular formula is C29H34O8S. The average molecular weight is 543 g/mol. The van der Waals surface area contributed by atoms with E-state index in [-0.39, 0.29) is 36.9 Å². The van der Waals surface area contributed by atoms with Gasteiger partial charge in [0.1, 0.15) is 11.5 Å². The highest BCUT2D eigenvalue weighted by atomic mass is 32.2. The van der Waals surface area contributed by atoms with Crippen molar-refractivity contribution in [3.8, 4) is 11.5 Å². The lowest BCUT2D eigenvalue weighted by molar-refractivity contribution is -0.140. The molecule has 8 nitrogen and oxygen atoms in total. The van der Waals surface area contributed by atoms with E-state index in [1.165, 1.54) is 7.11 Å². The minimum absolute atomic E-state index is 0.0867. The van der Waals surface area contributed by atoms with Crippen LogP contribution >= 0.6 is 11.8 Å². The summed E-state index contributed by atoms with van der Waals surface area (Å²) in [5.41, 5.74) is 1.79. The van der Waals surface area contributed by atoms with Crippen molar-refractivity contribution >= 4 is 28.8 Å². The predicted molar refractivity (Wildman–Crippen MR) is 146 cm³/mol. The van der Waals surface area contributed by atoms with Crippen molar-refractivity contribution in [2.45, 2.75) is 37.5 Å². The molecule has 0 saturated heterocycles. The number of hydrogen-bond donors (Lipinski definition) is 0. The molecular weight excluding hydrogens is 508 g/mol. The average Bonchev–Trinajstić information content (AvgIpc) is 2.91. The second-order valence-electron chi connectivity index (χ2n) is 8.02. The fraction of sp³-hybridized carbons (Fsp3) is 0.345. The van der Waals surface area contributed by atoms with Gasteiger partial charge in [0.15, 0.2) is 0 Å². The molecule has 0 aliphatic rings. The molecule has 2 aromatic rings. The van der Waals surface area contributed by atoms with Gasteiger partial charge in [-0.25, -0.2) is 4.79 Å². The van der Waals surface area contributed by atoms with Crippen LogP contribution in [0.2, 0.25) is 0 Å². The monoisotopic (exact) mass is 542 g/mol. The normalized spacial score (nSPS) is 10.4. The van der Waals surface area contributed by atoms with Crippen LogP contribution in [0.25, 0.3) is 0 Å². The number of unbranched alkanes of at least 4 members (excludes halogenated alkanes) is 1. The van der Waals surface area contributed by atoms with Gasteiger partial charge in [0.25, 0.3) is 0 Å². The third-order valence-electron chi connectivity index (χ3n) is 5.14. The summed E-state index contributed by atoms with van der Waals surface area (Å²) in [4.78, 5) is 36.6. The van der Waals surface area contributed by atoms with Crippen molar-refractivity contribution in [3.05, 3.63) is 78.6 Å². The minimum Gasteiger partial charge on any atom is -0.494 e. The van der Waals surface area contributed by atoms with Gasteiger partial charge in [0.2, 0.25) is 5.12 Å². The quantitative estimate of drug-likeness (QED) is 0.0839. The first kappa shape index (κ1) is 30.7. The van der Waals surface area contributed by atoms with Crippen LogP contribution in [-0.2, 0) is 30.2 Å². The summed E-state index contributed by atoms with van der Waals surface area (Å²) in [5.74, 6) is 0.468. The first-order valence-corrected chi connectivity index (χ1v) is 13.0. The summed E-state index contributed by atoms with van der Waals surface area (Å²) in [5, 5.41) is -0.0867. The van der Waals surface area contributed by atoms with Crippen LogP contribution in [0.3, 0.4) is 0 Å². The molecule has 0 bridgehead atoms. The molecule has 9 heteroatoms. The fourth-order valence-corrected chi connectivity index (χ4v) is 3.99. The maximum Gasteiger partial charge on any atom is 0.335 e. The largest absolute Gasteiger partial charge is 0.494 e. The van der Waals surface area contributed by atoms with Gasteiger partial charge in [0.05, 0.1) is 44.7 Å². The fourth-order valence-electron chi connectivity index (χ4n) is 3.18. The van der Waals surface area contributed by atoms with E-state index >= 15 is 0 Å². The molecule has 38 heavy (non-hydrogen) atoms. The number of ether oxygens (including phenoxy) is 5. The zero-order chi connectivity index (χ0) is 27.8. The van der Waals surface area contributed by atoms with Crippen LogP contribution in [0.5, 0.6) is 11.5 Å². The predicted octanol–water partition coefficient (Wildman–Crippen LogP) is 5.54. The standard InChI is InChI=1S/C29H34O8S/c1-5-22-19-25(13-14-26(22)36-18-15-27(30)34-6-2)38-29(32)23-9-11-24(12-10-23)35-16-7-8-17-37-28(31)21(3)20-33-4/h6,9-14,19H,2-3,5,7-8,15-18,20H2,1,4H3. The number of methoxy groups -OCH3 is 1. The van der Waals surface area contributed by atoms with Gasteiger partial charge in [0, 0.05) is 17.6 Å². The number of esters is 2. The molecule has 2 rings (SSSR count). The Kier molecular flexibility index (Phi) is 13.8. The molecule has 0 N–H and O–H groups in total. The maximum absolute atomic E-state index is 12.8. The summed E-state index contributed by atoms with van der Waals surface area (Å²) in [6.07, 6.45) is 3.29. The minimum atomic E-state index is -0.454. The summed E-state index contributed by atoms with van der Waals surface area (Å²) in [7, 11) is 1.49. The van der Waals surface area contributed by atoms with E-state index < -0.39 is 11.9 Å². The zero-order valence-corrected chi connectivity index (χ0v) is 22.7. The molecule has 0 saturated carbocycles. The maximum atomic E-state index is 12.8. The van der Waals surface area contributed by atoms with Gasteiger partial charge in [-0.2, -0.15) is 0 Å². The number of carbonyl (C=O) groups is 3. The molecule has 0 aliphatic carbocycles. The Balaban J connectivity index is 1.77. The molecule has 0 aliphatic heterocycles. The molecule has 2 aromatic carbocycles. The molecule has 0 atom stereocenters. The highest BCUT2D eigenvalue weighted by Gasteiger charge is 2.12. The number of aryl methyl sites for hydroxylation is 1. The second kappa shape index (κ2) is 17.0. The van der Waals surface area contributed by atoms with E-state index in [9.17, 15) is 14.4 Å². The topological polar surface area (TPSA) is 97.4 Å². The van der Waals surface area contributed by atoms with Crippen LogP contribution in [-0.4, -0.2) is 50.6 Å². The molecule has 0 spiro atoms. The molecule has 0 aromatic heterocycles. The summed E-state index contributed by atoms with van der Waals surface area (Å²) >= 11 is 1.13. The first-order chi connectivity index (χ1) is 18.4. The third kappa shape index (κ3) is 10.8. The number of benzene rings is 2. The number of hydrogen-bond acceptors (Lipinski definition) is 9. The van der Waals surface area contributed by atoms with Crippen LogP contribution < -0.4 is 9.47 Å². The van der Waals surface area contributed by atoms with Gasteiger partial charge in [-0.3, -0.25) is 9.59 Å². The van der Waals surface area contributed by atoms with Crippen molar-refractivity contribution < 1.29 is 38.1 Å². The van der Waals surface area contributed by atoms with Crippen LogP contribution in [0.15, 0.2) is 72.4 Å². The highest BCUT2D eigenvalue weighted by Crippen LogP contribution is 2.29. The van der Waals surface area contributed by atoms with Gasteiger partial charge < -0.3 is 23.7 Å². The molecule has 0 fully saturated rings. The highest BCUT2D eigenvalue weighted by molar-refractivity contribution is 8.14. The van der Waals surface area contributed by atoms with E-state index in [4.69, 9.17) is 18.9 Å². The van der Waals surface area contributed by atoms with Crippen molar-refractivity contribution in [2.24, 2.45) is 0 Å². The zero-order valence-electron chi connectivity index (χ0n) is 21.9. The van der Waals surface area contributed by atoms with Gasteiger partial charge in [-0.15, -0.1) is 0 Å². The lowest BCUT2D eigenvalue weighted by Crippen LogP contribution is -2.12. The summed E-state index contributed by atoms with van der Waals surface area (Å²) < 4.78 is 26.1. The Hall–Kier alpha value is -3.56. The van der Waals surface area contributed by atoms with E-state index in [1.54, 1.807) is 30.3 Å². The van der Waals surface area contributed by atoms with Crippen molar-refractivity contribution in [3.63, 3.8) is 0 Å². The van der Waals surface area contributed by atoms with E-state index in [0.717, 1.165) is 28.5 Å². The van der Waals surface area contributed by atoms with E-state index in [0.29, 0.717) is 42.9 Å². The number of carbonyl (C=O) groups excluding carboxylic acids is 3. The Morgan fingerprint density at radius 3 is 2.39 bits per heavy atom. The molecule has 204 valence electrons. The van der Waals surface area contributed by atoms with Gasteiger partial charge in [-0.1, -0.05) is 20.1 Å². The third-order valence-corrected chi connectivity index (χ3v) is 6.05. The molecule has 0 radical (unpaired) electrons. The number of rotatable bonds is 17. The van der Waals surface area contributed by atoms with Gasteiger partial charge >= 0.3 is 11.9 Å². The van der Waals surface area contributed by atoms with Crippen molar-refractivity contribution in [2.75, 3.05) is 33.5 Å². The summed E-state index contributed by atoms with van der Waals surface area (Å²) in [6, 6.07) is 12.5. The van der Waals surface area contributed by atoms with Crippen LogP contribution in [0.4, 0.5) is 0 Å². The number of thioether (sulfide) groups is 1. The lowest BCUT2D eigenvalue weighted by atomic mass is 10.1. The van der Waals surface area contributed by atoms with E-state index in [2.05, 4.69) is 17.9 Å². The Labute approximate surface area is 227 Å². The van der Waals surface area contributed by atoms with Crippen molar-refractivity contribution in [1.29, 1.82) is 0 Å². The van der Waals surface area contributed by atoms with Crippen LogP contribution in [0, 0.1) is 0 Å². The van der Waals surface area contributed by atoms with Gasteiger partial charge in [-0.05, 0) is 79.1 Å². The SMILES string of the molecule is C=COC(=O)CCOc1ccc(SC(=O)c2ccc(OCCCCOC(=O)C(=C)COC)cc2)cc1CC. The Morgan fingerprint density at radius 1 is 0.974 bits per heavy atom. The summed E-state index contributed by atoms with van der Waals surface area (Å²) in [6.45, 7) is 10.0. The lowest BCUT2D eigenvalue weighted by Gasteiger charge is -2.12. The molecule has 0 amide bonds. The Bertz CT molecular complexity index is 1090. The smallest absolute Gasteiger partial charge is 0.335 e. The molecule has 0 unspecified atom stereocenters.